The fraction of sp³-hybridized carbons (Fsp3) is 0.421. The minimum Gasteiger partial charge on any atom is -0.466 e. The highest BCUT2D eigenvalue weighted by molar-refractivity contribution is 6.32. The lowest BCUT2D eigenvalue weighted by molar-refractivity contribution is -0.142. The standard InChI is InChI=1S/C17H20ClNO2.C2H7N/c1-4-21-17(20)10-15-14-9-12(11-19(2)3)5-6-13(14)7-8-16(15)18;1-3-2/h5-9H,4,10-11H2,1-3H3;3H,1-2H3. The van der Waals surface area contributed by atoms with Crippen LogP contribution in [0.2, 0.25) is 5.02 Å². The Balaban J connectivity index is 0.000000891. The number of ether oxygens (including phenoxy) is 1. The number of nitrogens with zero attached hydrogens (tertiary/aromatic N) is 1. The third kappa shape index (κ3) is 6.11. The first-order valence-electron chi connectivity index (χ1n) is 8.01. The van der Waals surface area contributed by atoms with Crippen molar-refractivity contribution in [3.8, 4) is 0 Å². The highest BCUT2D eigenvalue weighted by atomic mass is 35.5. The fourth-order valence-electron chi connectivity index (χ4n) is 2.40. The quantitative estimate of drug-likeness (QED) is 0.838. The van der Waals surface area contributed by atoms with Crippen molar-refractivity contribution in [2.75, 3.05) is 34.8 Å². The molecule has 132 valence electrons. The zero-order valence-corrected chi connectivity index (χ0v) is 15.9. The molecule has 4 nitrogen and oxygen atoms in total. The molecule has 2 rings (SSSR count). The number of hydrogen-bond acceptors (Lipinski definition) is 4. The van der Waals surface area contributed by atoms with Crippen molar-refractivity contribution < 1.29 is 9.53 Å². The van der Waals surface area contributed by atoms with E-state index in [1.54, 1.807) is 6.92 Å². The summed E-state index contributed by atoms with van der Waals surface area (Å²) in [7, 11) is 7.81. The van der Waals surface area contributed by atoms with Crippen molar-refractivity contribution in [1.29, 1.82) is 0 Å². The molecule has 0 fully saturated rings. The topological polar surface area (TPSA) is 41.6 Å². The van der Waals surface area contributed by atoms with Crippen LogP contribution < -0.4 is 5.32 Å². The van der Waals surface area contributed by atoms with Crippen LogP contribution in [0.15, 0.2) is 30.3 Å². The van der Waals surface area contributed by atoms with Crippen molar-refractivity contribution >= 4 is 28.3 Å². The lowest BCUT2D eigenvalue weighted by Crippen LogP contribution is -2.11. The van der Waals surface area contributed by atoms with Gasteiger partial charge in [0, 0.05) is 11.6 Å². The molecule has 0 saturated heterocycles. The molecule has 0 bridgehead atoms. The Labute approximate surface area is 149 Å². The Morgan fingerprint density at radius 3 is 2.42 bits per heavy atom. The van der Waals surface area contributed by atoms with Gasteiger partial charge in [-0.3, -0.25) is 4.79 Å². The molecule has 1 N–H and O–H groups in total. The molecule has 0 amide bonds. The zero-order valence-electron chi connectivity index (χ0n) is 15.1. The van der Waals surface area contributed by atoms with Crippen molar-refractivity contribution in [3.05, 3.63) is 46.5 Å². The second-order valence-electron chi connectivity index (χ2n) is 5.80. The maximum Gasteiger partial charge on any atom is 0.310 e. The van der Waals surface area contributed by atoms with E-state index in [1.807, 2.05) is 40.3 Å². The van der Waals surface area contributed by atoms with Crippen LogP contribution in [0, 0.1) is 0 Å². The van der Waals surface area contributed by atoms with Crippen LogP contribution >= 0.6 is 11.6 Å². The van der Waals surface area contributed by atoms with Crippen LogP contribution in [0.3, 0.4) is 0 Å². The average Bonchev–Trinajstić information content (AvgIpc) is 2.51. The van der Waals surface area contributed by atoms with E-state index in [0.717, 1.165) is 22.9 Å². The van der Waals surface area contributed by atoms with E-state index in [-0.39, 0.29) is 12.4 Å². The number of fused-ring (bicyclic) bond motifs is 1. The van der Waals surface area contributed by atoms with Crippen molar-refractivity contribution in [3.63, 3.8) is 0 Å². The summed E-state index contributed by atoms with van der Waals surface area (Å²) in [5, 5.41) is 5.47. The van der Waals surface area contributed by atoms with Crippen molar-refractivity contribution in [2.24, 2.45) is 0 Å². The predicted octanol–water partition coefficient (Wildman–Crippen LogP) is 3.50. The summed E-state index contributed by atoms with van der Waals surface area (Å²) in [5.41, 5.74) is 2.04. The summed E-state index contributed by atoms with van der Waals surface area (Å²) in [5.74, 6) is -0.245. The van der Waals surface area contributed by atoms with Gasteiger partial charge in [-0.1, -0.05) is 29.8 Å². The van der Waals surface area contributed by atoms with Gasteiger partial charge in [-0.25, -0.2) is 0 Å². The van der Waals surface area contributed by atoms with Gasteiger partial charge in [-0.2, -0.15) is 0 Å². The Bertz CT molecular complexity index is 672. The van der Waals surface area contributed by atoms with E-state index in [2.05, 4.69) is 28.4 Å². The molecule has 0 aliphatic carbocycles. The number of benzene rings is 2. The van der Waals surface area contributed by atoms with Gasteiger partial charge < -0.3 is 15.0 Å². The Hall–Kier alpha value is -1.62. The third-order valence-electron chi connectivity index (χ3n) is 3.27. The molecule has 0 saturated carbocycles. The zero-order chi connectivity index (χ0) is 18.1. The smallest absolute Gasteiger partial charge is 0.310 e. The lowest BCUT2D eigenvalue weighted by Gasteiger charge is -2.13. The van der Waals surface area contributed by atoms with Gasteiger partial charge in [0.1, 0.15) is 0 Å². The van der Waals surface area contributed by atoms with Gasteiger partial charge in [-0.05, 0) is 69.1 Å². The average molecular weight is 351 g/mol. The van der Waals surface area contributed by atoms with Crippen LogP contribution in [-0.4, -0.2) is 45.7 Å². The molecular formula is C19H27ClN2O2. The summed E-state index contributed by atoms with van der Waals surface area (Å²) in [4.78, 5) is 13.9. The largest absolute Gasteiger partial charge is 0.466 e. The first kappa shape index (κ1) is 20.4. The molecular weight excluding hydrogens is 324 g/mol. The first-order valence-corrected chi connectivity index (χ1v) is 8.39. The summed E-state index contributed by atoms with van der Waals surface area (Å²) < 4.78 is 5.04. The van der Waals surface area contributed by atoms with Crippen LogP contribution in [0.1, 0.15) is 18.1 Å². The molecule has 2 aromatic rings. The molecule has 2 aromatic carbocycles. The molecule has 0 atom stereocenters. The molecule has 0 radical (unpaired) electrons. The van der Waals surface area contributed by atoms with E-state index in [1.165, 1.54) is 5.56 Å². The maximum absolute atomic E-state index is 11.8. The Kier molecular flexibility index (Phi) is 8.76. The summed E-state index contributed by atoms with van der Waals surface area (Å²) in [6, 6.07) is 10.1. The van der Waals surface area contributed by atoms with Crippen LogP contribution in [0.4, 0.5) is 0 Å². The van der Waals surface area contributed by atoms with Gasteiger partial charge in [0.15, 0.2) is 0 Å². The van der Waals surface area contributed by atoms with E-state index < -0.39 is 0 Å². The molecule has 0 aliphatic heterocycles. The normalized spacial score (nSPS) is 10.5. The van der Waals surface area contributed by atoms with Crippen molar-refractivity contribution in [2.45, 2.75) is 19.9 Å². The molecule has 0 unspecified atom stereocenters. The highest BCUT2D eigenvalue weighted by Crippen LogP contribution is 2.28. The molecule has 24 heavy (non-hydrogen) atoms. The molecule has 0 heterocycles. The first-order chi connectivity index (χ1) is 11.4. The van der Waals surface area contributed by atoms with Gasteiger partial charge in [0.05, 0.1) is 13.0 Å². The summed E-state index contributed by atoms with van der Waals surface area (Å²) in [6.45, 7) is 3.03. The maximum atomic E-state index is 11.8. The van der Waals surface area contributed by atoms with E-state index >= 15 is 0 Å². The molecule has 0 aliphatic rings. The monoisotopic (exact) mass is 350 g/mol. The number of carbonyl (C=O) groups excluding carboxylic acids is 1. The lowest BCUT2D eigenvalue weighted by atomic mass is 9.99. The predicted molar refractivity (Wildman–Crippen MR) is 102 cm³/mol. The van der Waals surface area contributed by atoms with Gasteiger partial charge in [0.25, 0.3) is 0 Å². The fourth-order valence-corrected chi connectivity index (χ4v) is 2.63. The highest BCUT2D eigenvalue weighted by Gasteiger charge is 2.12. The summed E-state index contributed by atoms with van der Waals surface area (Å²) >= 11 is 6.29. The van der Waals surface area contributed by atoms with Gasteiger partial charge in [0.2, 0.25) is 0 Å². The van der Waals surface area contributed by atoms with Crippen LogP contribution in [-0.2, 0) is 22.5 Å². The molecule has 0 spiro atoms. The SMILES string of the molecule is CCOC(=O)Cc1c(Cl)ccc2ccc(CN(C)C)cc12.CNC. The Morgan fingerprint density at radius 2 is 1.83 bits per heavy atom. The summed E-state index contributed by atoms with van der Waals surface area (Å²) in [6.07, 6.45) is 0.204. The van der Waals surface area contributed by atoms with Crippen LogP contribution in [0.5, 0.6) is 0 Å². The molecule has 5 heteroatoms. The Morgan fingerprint density at radius 1 is 1.21 bits per heavy atom. The van der Waals surface area contributed by atoms with E-state index in [9.17, 15) is 4.79 Å². The number of carbonyl (C=O) groups is 1. The second kappa shape index (κ2) is 10.3. The number of hydrogen-bond donors (Lipinski definition) is 1. The second-order valence-corrected chi connectivity index (χ2v) is 6.21. The number of rotatable bonds is 5. The minimum atomic E-state index is -0.245. The number of esters is 1. The number of nitrogens with one attached hydrogen (secondary N) is 1. The van der Waals surface area contributed by atoms with Gasteiger partial charge in [-0.15, -0.1) is 0 Å². The van der Waals surface area contributed by atoms with Crippen molar-refractivity contribution in [1.82, 2.24) is 10.2 Å². The van der Waals surface area contributed by atoms with Crippen LogP contribution in [0.25, 0.3) is 10.8 Å². The molecule has 0 aromatic heterocycles. The van der Waals surface area contributed by atoms with Gasteiger partial charge >= 0.3 is 5.97 Å². The third-order valence-corrected chi connectivity index (χ3v) is 3.62. The minimum absolute atomic E-state index is 0.204. The van der Waals surface area contributed by atoms with E-state index in [4.69, 9.17) is 16.3 Å². The number of halogens is 1. The van der Waals surface area contributed by atoms with E-state index in [0.29, 0.717) is 11.6 Å².